The van der Waals surface area contributed by atoms with Gasteiger partial charge in [0.25, 0.3) is 5.91 Å². The molecule has 0 bridgehead atoms. The minimum atomic E-state index is -0.120. The van der Waals surface area contributed by atoms with Crippen LogP contribution in [0, 0.1) is 0 Å². The smallest absolute Gasteiger partial charge is 0.275 e. The summed E-state index contributed by atoms with van der Waals surface area (Å²) in [5.41, 5.74) is 11.2. The zero-order valence-corrected chi connectivity index (χ0v) is 18.2. The molecule has 0 saturated heterocycles. The first-order valence-corrected chi connectivity index (χ1v) is 11.7. The maximum atomic E-state index is 13.8. The van der Waals surface area contributed by atoms with E-state index in [1.54, 1.807) is 4.90 Å². The standard InChI is InChI=1S/C26H25N3OS/c27-23-21-17-18-11-5-1-2-10-16-22(18)28-25(21)31-24(23)26(30)29(19-12-6-3-7-13-19)20-14-8-4-9-15-20/h3-4,6-9,12-15,17H,1-2,5,10-11,16,27H2. The lowest BCUT2D eigenvalue weighted by molar-refractivity contribution is 0.100. The fourth-order valence-corrected chi connectivity index (χ4v) is 5.34. The van der Waals surface area contributed by atoms with Gasteiger partial charge in [-0.25, -0.2) is 4.98 Å². The van der Waals surface area contributed by atoms with E-state index in [4.69, 9.17) is 10.7 Å². The van der Waals surface area contributed by atoms with E-state index in [1.807, 2.05) is 60.7 Å². The van der Waals surface area contributed by atoms with Crippen molar-refractivity contribution in [3.8, 4) is 0 Å². The van der Waals surface area contributed by atoms with Crippen LogP contribution in [-0.2, 0) is 12.8 Å². The number of rotatable bonds is 3. The lowest BCUT2D eigenvalue weighted by Crippen LogP contribution is -2.25. The first-order valence-electron chi connectivity index (χ1n) is 10.9. The minimum absolute atomic E-state index is 0.120. The summed E-state index contributed by atoms with van der Waals surface area (Å²) in [4.78, 5) is 21.9. The Bertz CT molecular complexity index is 1180. The molecule has 0 radical (unpaired) electrons. The second-order valence-electron chi connectivity index (χ2n) is 8.02. The molecule has 0 atom stereocenters. The van der Waals surface area contributed by atoms with Crippen LogP contribution in [0.15, 0.2) is 66.7 Å². The number of para-hydroxylation sites is 2. The van der Waals surface area contributed by atoms with Gasteiger partial charge in [0, 0.05) is 22.5 Å². The lowest BCUT2D eigenvalue weighted by Gasteiger charge is -2.22. The van der Waals surface area contributed by atoms with Crippen LogP contribution in [-0.4, -0.2) is 10.9 Å². The first-order chi connectivity index (χ1) is 15.2. The molecule has 1 aliphatic carbocycles. The monoisotopic (exact) mass is 427 g/mol. The van der Waals surface area contributed by atoms with Gasteiger partial charge in [-0.2, -0.15) is 0 Å². The number of hydrogen-bond donors (Lipinski definition) is 1. The summed E-state index contributed by atoms with van der Waals surface area (Å²) in [6.07, 6.45) is 6.94. The average molecular weight is 428 g/mol. The van der Waals surface area contributed by atoms with Crippen molar-refractivity contribution < 1.29 is 4.79 Å². The highest BCUT2D eigenvalue weighted by atomic mass is 32.1. The quantitative estimate of drug-likeness (QED) is 0.405. The van der Waals surface area contributed by atoms with Crippen molar-refractivity contribution in [2.75, 3.05) is 10.6 Å². The van der Waals surface area contributed by atoms with Gasteiger partial charge < -0.3 is 5.73 Å². The molecule has 5 heteroatoms. The van der Waals surface area contributed by atoms with E-state index in [0.717, 1.165) is 34.4 Å². The number of amides is 1. The number of pyridine rings is 1. The van der Waals surface area contributed by atoms with E-state index >= 15 is 0 Å². The van der Waals surface area contributed by atoms with E-state index in [0.29, 0.717) is 10.6 Å². The summed E-state index contributed by atoms with van der Waals surface area (Å²) in [5, 5.41) is 0.911. The van der Waals surface area contributed by atoms with Gasteiger partial charge in [-0.15, -0.1) is 11.3 Å². The molecule has 2 heterocycles. The Kier molecular flexibility index (Phi) is 5.43. The minimum Gasteiger partial charge on any atom is -0.397 e. The Morgan fingerprint density at radius 1 is 0.871 bits per heavy atom. The van der Waals surface area contributed by atoms with Crippen LogP contribution in [0.25, 0.3) is 10.2 Å². The van der Waals surface area contributed by atoms with Crippen LogP contribution in [0.2, 0.25) is 0 Å². The number of aromatic nitrogens is 1. The number of carbonyl (C=O) groups excluding carboxylic acids is 1. The molecular weight excluding hydrogens is 402 g/mol. The molecule has 2 aromatic carbocycles. The van der Waals surface area contributed by atoms with Crippen LogP contribution in [0.5, 0.6) is 0 Å². The summed E-state index contributed by atoms with van der Waals surface area (Å²) in [6, 6.07) is 21.6. The molecular formula is C26H25N3OS. The van der Waals surface area contributed by atoms with Crippen LogP contribution >= 0.6 is 11.3 Å². The summed E-state index contributed by atoms with van der Waals surface area (Å²) >= 11 is 1.41. The second-order valence-corrected chi connectivity index (χ2v) is 9.02. The Morgan fingerprint density at radius 2 is 1.48 bits per heavy atom. The molecule has 0 aliphatic heterocycles. The number of carbonyl (C=O) groups is 1. The number of nitrogen functional groups attached to an aromatic ring is 1. The number of hydrogen-bond acceptors (Lipinski definition) is 4. The molecule has 1 aliphatic rings. The van der Waals surface area contributed by atoms with E-state index < -0.39 is 0 Å². The zero-order chi connectivity index (χ0) is 21.2. The topological polar surface area (TPSA) is 59.2 Å². The van der Waals surface area contributed by atoms with Crippen molar-refractivity contribution in [2.24, 2.45) is 0 Å². The highest BCUT2D eigenvalue weighted by Gasteiger charge is 2.26. The van der Waals surface area contributed by atoms with Crippen LogP contribution in [0.1, 0.15) is 46.6 Å². The molecule has 1 amide bonds. The molecule has 4 nitrogen and oxygen atoms in total. The fourth-order valence-electron chi connectivity index (χ4n) is 4.31. The van der Waals surface area contributed by atoms with Crippen molar-refractivity contribution in [1.29, 1.82) is 0 Å². The Hall–Kier alpha value is -3.18. The number of aryl methyl sites for hydroxylation is 2. The SMILES string of the molecule is Nc1c(C(=O)N(c2ccccc2)c2ccccc2)sc2nc3c(cc12)CCCCCC3. The average Bonchev–Trinajstić information content (AvgIpc) is 3.11. The summed E-state index contributed by atoms with van der Waals surface area (Å²) < 4.78 is 0. The predicted octanol–water partition coefficient (Wildman–Crippen LogP) is 6.52. The third-order valence-electron chi connectivity index (χ3n) is 5.93. The number of nitrogens with zero attached hydrogens (tertiary/aromatic N) is 2. The van der Waals surface area contributed by atoms with E-state index in [2.05, 4.69) is 6.07 Å². The third-order valence-corrected chi connectivity index (χ3v) is 7.03. The largest absolute Gasteiger partial charge is 0.397 e. The van der Waals surface area contributed by atoms with E-state index in [9.17, 15) is 4.79 Å². The van der Waals surface area contributed by atoms with Gasteiger partial charge >= 0.3 is 0 Å². The number of nitrogens with two attached hydrogens (primary N) is 1. The summed E-state index contributed by atoms with van der Waals surface area (Å²) in [7, 11) is 0. The highest BCUT2D eigenvalue weighted by Crippen LogP contribution is 2.38. The van der Waals surface area contributed by atoms with Crippen molar-refractivity contribution in [3.63, 3.8) is 0 Å². The van der Waals surface area contributed by atoms with Gasteiger partial charge in [0.2, 0.25) is 0 Å². The molecule has 2 N–H and O–H groups in total. The van der Waals surface area contributed by atoms with E-state index in [1.165, 1.54) is 48.3 Å². The van der Waals surface area contributed by atoms with Crippen molar-refractivity contribution >= 4 is 44.5 Å². The molecule has 0 saturated carbocycles. The maximum absolute atomic E-state index is 13.8. The van der Waals surface area contributed by atoms with Crippen molar-refractivity contribution in [3.05, 3.63) is 82.9 Å². The molecule has 2 aromatic heterocycles. The molecule has 0 unspecified atom stereocenters. The number of thiophene rings is 1. The normalized spacial score (nSPS) is 13.9. The Morgan fingerprint density at radius 3 is 2.13 bits per heavy atom. The molecule has 0 spiro atoms. The summed E-state index contributed by atoms with van der Waals surface area (Å²) in [5.74, 6) is -0.120. The molecule has 0 fully saturated rings. The van der Waals surface area contributed by atoms with Gasteiger partial charge in [-0.3, -0.25) is 9.69 Å². The number of anilines is 3. The maximum Gasteiger partial charge on any atom is 0.275 e. The molecule has 156 valence electrons. The predicted molar refractivity (Wildman–Crippen MR) is 129 cm³/mol. The Balaban J connectivity index is 1.61. The second kappa shape index (κ2) is 8.52. The molecule has 4 aromatic rings. The molecule has 31 heavy (non-hydrogen) atoms. The van der Waals surface area contributed by atoms with Gasteiger partial charge in [0.05, 0.1) is 5.69 Å². The number of benzene rings is 2. The summed E-state index contributed by atoms with van der Waals surface area (Å²) in [6.45, 7) is 0. The number of fused-ring (bicyclic) bond motifs is 2. The third kappa shape index (κ3) is 3.81. The highest BCUT2D eigenvalue weighted by molar-refractivity contribution is 7.21. The van der Waals surface area contributed by atoms with Gasteiger partial charge in [0.15, 0.2) is 0 Å². The van der Waals surface area contributed by atoms with E-state index in [-0.39, 0.29) is 5.91 Å². The van der Waals surface area contributed by atoms with Crippen LogP contribution < -0.4 is 10.6 Å². The van der Waals surface area contributed by atoms with Crippen LogP contribution in [0.3, 0.4) is 0 Å². The molecule has 5 rings (SSSR count). The van der Waals surface area contributed by atoms with Gasteiger partial charge in [0.1, 0.15) is 9.71 Å². The van der Waals surface area contributed by atoms with Gasteiger partial charge in [-0.1, -0.05) is 49.2 Å². The lowest BCUT2D eigenvalue weighted by atomic mass is 9.96. The van der Waals surface area contributed by atoms with Crippen molar-refractivity contribution in [1.82, 2.24) is 4.98 Å². The van der Waals surface area contributed by atoms with Crippen LogP contribution in [0.4, 0.5) is 17.1 Å². The first kappa shape index (κ1) is 19.8. The van der Waals surface area contributed by atoms with Crippen molar-refractivity contribution in [2.45, 2.75) is 38.5 Å². The fraction of sp³-hybridized carbons (Fsp3) is 0.231. The Labute approximate surface area is 186 Å². The zero-order valence-electron chi connectivity index (χ0n) is 17.4. The van der Waals surface area contributed by atoms with Gasteiger partial charge in [-0.05, 0) is 61.6 Å².